The second-order valence-corrected chi connectivity index (χ2v) is 6.83. The van der Waals surface area contributed by atoms with Crippen LogP contribution in [0.3, 0.4) is 0 Å². The molecule has 1 aliphatic rings. The van der Waals surface area contributed by atoms with E-state index in [-0.39, 0.29) is 5.69 Å². The number of likely N-dealkylation sites (tertiary alicyclic amines) is 1. The van der Waals surface area contributed by atoms with E-state index in [1.54, 1.807) is 6.07 Å². The zero-order valence-electron chi connectivity index (χ0n) is 15.6. The van der Waals surface area contributed by atoms with Crippen molar-refractivity contribution < 1.29 is 35.9 Å². The summed E-state index contributed by atoms with van der Waals surface area (Å²) >= 11 is 0. The van der Waals surface area contributed by atoms with Crippen molar-refractivity contribution in [3.05, 3.63) is 59.7 Å². The molecule has 1 atom stereocenters. The van der Waals surface area contributed by atoms with Crippen LogP contribution in [0, 0.1) is 0 Å². The van der Waals surface area contributed by atoms with E-state index in [0.29, 0.717) is 24.9 Å². The highest BCUT2D eigenvalue weighted by atomic mass is 19.4. The highest BCUT2D eigenvalue weighted by Gasteiger charge is 2.33. The Bertz CT molecular complexity index is 880. The lowest BCUT2D eigenvalue weighted by molar-refractivity contribution is -0.274. The van der Waals surface area contributed by atoms with Crippen molar-refractivity contribution in [3.63, 3.8) is 0 Å². The van der Waals surface area contributed by atoms with E-state index in [2.05, 4.69) is 10.1 Å². The number of nitrogens with zero attached hydrogens (tertiary/aromatic N) is 1. The molecule has 1 aliphatic heterocycles. The quantitative estimate of drug-likeness (QED) is 0.573. The molecule has 30 heavy (non-hydrogen) atoms. The van der Waals surface area contributed by atoms with E-state index >= 15 is 0 Å². The van der Waals surface area contributed by atoms with Crippen LogP contribution < -0.4 is 10.1 Å². The molecule has 0 aromatic heterocycles. The molecule has 2 amide bonds. The molecule has 0 aliphatic carbocycles. The Labute approximate surface area is 168 Å². The third kappa shape index (κ3) is 5.58. The maximum atomic E-state index is 13.0. The van der Waals surface area contributed by atoms with Gasteiger partial charge in [0.1, 0.15) is 5.75 Å². The summed E-state index contributed by atoms with van der Waals surface area (Å²) in [6.45, 7) is 0.349. The molecule has 4 nitrogen and oxygen atoms in total. The number of amides is 2. The third-order valence-electron chi connectivity index (χ3n) is 4.70. The van der Waals surface area contributed by atoms with Gasteiger partial charge in [0.05, 0.1) is 11.6 Å². The number of halogens is 6. The van der Waals surface area contributed by atoms with Gasteiger partial charge in [0.15, 0.2) is 0 Å². The Morgan fingerprint density at radius 2 is 1.70 bits per heavy atom. The Morgan fingerprint density at radius 3 is 2.33 bits per heavy atom. The number of benzene rings is 2. The Kier molecular flexibility index (Phi) is 6.14. The predicted molar refractivity (Wildman–Crippen MR) is 96.9 cm³/mol. The molecule has 0 radical (unpaired) electrons. The number of urea groups is 1. The minimum atomic E-state index is -4.82. The molecule has 0 saturated carbocycles. The Hall–Kier alpha value is -2.91. The first kappa shape index (κ1) is 21.8. The molecule has 162 valence electrons. The first-order valence-corrected chi connectivity index (χ1v) is 9.13. The van der Waals surface area contributed by atoms with Crippen LogP contribution in [0.1, 0.15) is 36.4 Å². The van der Waals surface area contributed by atoms with E-state index in [1.165, 1.54) is 23.1 Å². The molecule has 3 rings (SSSR count). The second-order valence-electron chi connectivity index (χ2n) is 6.83. The molecular formula is C20H18F6N2O2. The molecule has 1 unspecified atom stereocenters. The van der Waals surface area contributed by atoms with Gasteiger partial charge in [0.2, 0.25) is 0 Å². The van der Waals surface area contributed by atoms with E-state index in [4.69, 9.17) is 0 Å². The van der Waals surface area contributed by atoms with Gasteiger partial charge in [-0.05, 0) is 61.2 Å². The summed E-state index contributed by atoms with van der Waals surface area (Å²) in [7, 11) is 0. The average molecular weight is 432 g/mol. The fraction of sp³-hybridized carbons (Fsp3) is 0.350. The van der Waals surface area contributed by atoms with Gasteiger partial charge in [-0.1, -0.05) is 12.1 Å². The van der Waals surface area contributed by atoms with Crippen molar-refractivity contribution in [1.82, 2.24) is 4.90 Å². The highest BCUT2D eigenvalue weighted by molar-refractivity contribution is 5.89. The molecule has 0 bridgehead atoms. The summed E-state index contributed by atoms with van der Waals surface area (Å²) in [5.74, 6) is -0.430. The molecule has 2 aromatic rings. The van der Waals surface area contributed by atoms with Crippen LogP contribution in [0.15, 0.2) is 48.5 Å². The van der Waals surface area contributed by atoms with Crippen molar-refractivity contribution in [2.45, 2.75) is 37.8 Å². The lowest BCUT2D eigenvalue weighted by Crippen LogP contribution is -2.41. The minimum absolute atomic E-state index is 0.239. The molecular weight excluding hydrogens is 414 g/mol. The fourth-order valence-corrected chi connectivity index (χ4v) is 3.38. The number of carbonyl (C=O) groups is 1. The van der Waals surface area contributed by atoms with Crippen LogP contribution in [-0.2, 0) is 6.18 Å². The molecule has 10 heteroatoms. The van der Waals surface area contributed by atoms with Crippen LogP contribution in [0.4, 0.5) is 36.8 Å². The number of ether oxygens (including phenoxy) is 1. The zero-order chi connectivity index (χ0) is 21.9. The maximum absolute atomic E-state index is 13.0. The number of alkyl halides is 6. The standard InChI is InChI=1S/C20H18F6N2O2/c21-19(22,23)14-5-3-4-13(12-14)17-6-1-2-11-28(17)18(29)27-15-7-9-16(10-8-15)30-20(24,25)26/h3-5,7-10,12,17H,1-2,6,11H2,(H,27,29). The predicted octanol–water partition coefficient (Wildman–Crippen LogP) is 6.36. The smallest absolute Gasteiger partial charge is 0.406 e. The van der Waals surface area contributed by atoms with Gasteiger partial charge < -0.3 is 15.0 Å². The number of piperidine rings is 1. The zero-order valence-corrected chi connectivity index (χ0v) is 15.6. The summed E-state index contributed by atoms with van der Waals surface area (Å²) in [6.07, 6.45) is -7.35. The Morgan fingerprint density at radius 1 is 1.00 bits per heavy atom. The van der Waals surface area contributed by atoms with Crippen LogP contribution in [0.5, 0.6) is 5.75 Å². The van der Waals surface area contributed by atoms with E-state index in [0.717, 1.165) is 30.7 Å². The van der Waals surface area contributed by atoms with Gasteiger partial charge in [0, 0.05) is 12.2 Å². The van der Waals surface area contributed by atoms with Crippen LogP contribution in [0.2, 0.25) is 0 Å². The molecule has 0 spiro atoms. The van der Waals surface area contributed by atoms with Crippen molar-refractivity contribution in [2.75, 3.05) is 11.9 Å². The van der Waals surface area contributed by atoms with Crippen LogP contribution in [0.25, 0.3) is 0 Å². The van der Waals surface area contributed by atoms with Crippen molar-refractivity contribution in [2.24, 2.45) is 0 Å². The molecule has 1 N–H and O–H groups in total. The average Bonchev–Trinajstić information content (AvgIpc) is 2.68. The van der Waals surface area contributed by atoms with Gasteiger partial charge in [0.25, 0.3) is 0 Å². The Balaban J connectivity index is 1.74. The fourth-order valence-electron chi connectivity index (χ4n) is 3.38. The number of nitrogens with one attached hydrogen (secondary N) is 1. The van der Waals surface area contributed by atoms with Crippen LogP contribution in [-0.4, -0.2) is 23.8 Å². The maximum Gasteiger partial charge on any atom is 0.573 e. The number of anilines is 1. The van der Waals surface area contributed by atoms with Gasteiger partial charge >= 0.3 is 18.6 Å². The lowest BCUT2D eigenvalue weighted by atomic mass is 9.94. The summed E-state index contributed by atoms with van der Waals surface area (Å²) in [4.78, 5) is 14.2. The van der Waals surface area contributed by atoms with Gasteiger partial charge in [-0.3, -0.25) is 0 Å². The first-order chi connectivity index (χ1) is 14.0. The summed E-state index contributed by atoms with van der Waals surface area (Å²) in [5.41, 5.74) is -0.164. The normalized spacial score (nSPS) is 17.5. The molecule has 2 aromatic carbocycles. The van der Waals surface area contributed by atoms with E-state index in [1.807, 2.05) is 0 Å². The highest BCUT2D eigenvalue weighted by Crippen LogP contribution is 2.35. The van der Waals surface area contributed by atoms with Crippen molar-refractivity contribution in [3.8, 4) is 5.75 Å². The molecule has 1 fully saturated rings. The number of hydrogen-bond acceptors (Lipinski definition) is 2. The van der Waals surface area contributed by atoms with Crippen molar-refractivity contribution in [1.29, 1.82) is 0 Å². The summed E-state index contributed by atoms with van der Waals surface area (Å²) < 4.78 is 79.6. The number of rotatable bonds is 3. The summed E-state index contributed by atoms with van der Waals surface area (Å²) in [5, 5.41) is 2.57. The van der Waals surface area contributed by atoms with Crippen LogP contribution >= 0.6 is 0 Å². The lowest BCUT2D eigenvalue weighted by Gasteiger charge is -2.36. The monoisotopic (exact) mass is 432 g/mol. The SMILES string of the molecule is O=C(Nc1ccc(OC(F)(F)F)cc1)N1CCCCC1c1cccc(C(F)(F)F)c1. The van der Waals surface area contributed by atoms with E-state index < -0.39 is 35.9 Å². The number of hydrogen-bond donors (Lipinski definition) is 1. The van der Waals surface area contributed by atoms with Crippen molar-refractivity contribution >= 4 is 11.7 Å². The topological polar surface area (TPSA) is 41.6 Å². The molecule has 1 saturated heterocycles. The second kappa shape index (κ2) is 8.45. The van der Waals surface area contributed by atoms with Gasteiger partial charge in [-0.2, -0.15) is 13.2 Å². The van der Waals surface area contributed by atoms with Gasteiger partial charge in [-0.15, -0.1) is 13.2 Å². The minimum Gasteiger partial charge on any atom is -0.406 e. The largest absolute Gasteiger partial charge is 0.573 e. The molecule has 1 heterocycles. The van der Waals surface area contributed by atoms with Gasteiger partial charge in [-0.25, -0.2) is 4.79 Å². The van der Waals surface area contributed by atoms with E-state index in [9.17, 15) is 31.1 Å². The summed E-state index contributed by atoms with van der Waals surface area (Å²) in [6, 6.07) is 8.42. The third-order valence-corrected chi connectivity index (χ3v) is 4.70. The number of carbonyl (C=O) groups excluding carboxylic acids is 1. The first-order valence-electron chi connectivity index (χ1n) is 9.13.